The van der Waals surface area contributed by atoms with Gasteiger partial charge in [-0.3, -0.25) is 0 Å². The van der Waals surface area contributed by atoms with E-state index in [0.29, 0.717) is 0 Å². The van der Waals surface area contributed by atoms with Crippen LogP contribution in [0.25, 0.3) is 0 Å². The van der Waals surface area contributed by atoms with Gasteiger partial charge in [-0.25, -0.2) is 0 Å². The normalized spacial score (nSPS) is 38.1. The van der Waals surface area contributed by atoms with E-state index in [1.165, 1.54) is 25.7 Å². The maximum absolute atomic E-state index is 3.92. The van der Waals surface area contributed by atoms with E-state index in [1.807, 2.05) is 0 Å². The van der Waals surface area contributed by atoms with Gasteiger partial charge in [-0.1, -0.05) is 25.2 Å². The molecule has 0 heteroatoms. The Morgan fingerprint density at radius 2 is 2.31 bits per heavy atom. The molecule has 1 saturated carbocycles. The Morgan fingerprint density at radius 1 is 1.46 bits per heavy atom. The molecule has 72 valence electrons. The summed E-state index contributed by atoms with van der Waals surface area (Å²) in [5.74, 6) is 3.58. The average molecular weight is 176 g/mol. The Bertz CT molecular complexity index is 214. The first-order chi connectivity index (χ1) is 6.33. The van der Waals surface area contributed by atoms with Crippen LogP contribution in [-0.2, 0) is 0 Å². The summed E-state index contributed by atoms with van der Waals surface area (Å²) in [6.45, 7) is 6.19. The van der Waals surface area contributed by atoms with Crippen molar-refractivity contribution in [2.75, 3.05) is 0 Å². The summed E-state index contributed by atoms with van der Waals surface area (Å²) in [7, 11) is 0. The summed E-state index contributed by atoms with van der Waals surface area (Å²) < 4.78 is 0. The molecule has 2 aliphatic carbocycles. The van der Waals surface area contributed by atoms with Crippen LogP contribution in [0.2, 0.25) is 0 Å². The van der Waals surface area contributed by atoms with Crippen molar-refractivity contribution < 1.29 is 0 Å². The first kappa shape index (κ1) is 9.05. The first-order valence-corrected chi connectivity index (χ1v) is 5.64. The van der Waals surface area contributed by atoms with Crippen molar-refractivity contribution in [1.29, 1.82) is 0 Å². The zero-order chi connectivity index (χ0) is 9.26. The average Bonchev–Trinajstić information content (AvgIpc) is 2.75. The van der Waals surface area contributed by atoms with Gasteiger partial charge in [-0.05, 0) is 49.4 Å². The lowest BCUT2D eigenvalue weighted by molar-refractivity contribution is 0.360. The van der Waals surface area contributed by atoms with E-state index >= 15 is 0 Å². The Balaban J connectivity index is 1.89. The molecule has 13 heavy (non-hydrogen) atoms. The van der Waals surface area contributed by atoms with Gasteiger partial charge in [0.1, 0.15) is 0 Å². The molecule has 0 amide bonds. The van der Waals surface area contributed by atoms with Crippen molar-refractivity contribution >= 4 is 0 Å². The highest BCUT2D eigenvalue weighted by molar-refractivity contribution is 5.10. The van der Waals surface area contributed by atoms with E-state index < -0.39 is 0 Å². The zero-order valence-electron chi connectivity index (χ0n) is 8.58. The summed E-state index contributed by atoms with van der Waals surface area (Å²) in [6.07, 6.45) is 12.6. The summed E-state index contributed by atoms with van der Waals surface area (Å²) in [4.78, 5) is 0. The van der Waals surface area contributed by atoms with Crippen LogP contribution in [0.15, 0.2) is 24.8 Å². The van der Waals surface area contributed by atoms with Crippen LogP contribution >= 0.6 is 0 Å². The molecule has 0 saturated heterocycles. The highest BCUT2D eigenvalue weighted by Gasteiger charge is 2.35. The van der Waals surface area contributed by atoms with Gasteiger partial charge in [0.2, 0.25) is 0 Å². The maximum Gasteiger partial charge on any atom is -0.0199 e. The van der Waals surface area contributed by atoms with Crippen molar-refractivity contribution in [3.8, 4) is 0 Å². The zero-order valence-corrected chi connectivity index (χ0v) is 8.58. The molecule has 0 aromatic heterocycles. The van der Waals surface area contributed by atoms with Crippen molar-refractivity contribution in [2.45, 2.75) is 32.6 Å². The van der Waals surface area contributed by atoms with Crippen molar-refractivity contribution in [3.05, 3.63) is 24.8 Å². The second-order valence-electron chi connectivity index (χ2n) is 4.68. The van der Waals surface area contributed by atoms with Gasteiger partial charge in [0.05, 0.1) is 0 Å². The molecule has 0 heterocycles. The van der Waals surface area contributed by atoms with Gasteiger partial charge in [0.15, 0.2) is 0 Å². The third-order valence-electron chi connectivity index (χ3n) is 3.88. The quantitative estimate of drug-likeness (QED) is 0.571. The summed E-state index contributed by atoms with van der Waals surface area (Å²) in [6, 6.07) is 0. The molecule has 4 unspecified atom stereocenters. The topological polar surface area (TPSA) is 0 Å². The Labute approximate surface area is 81.7 Å². The fraction of sp³-hybridized carbons (Fsp3) is 0.692. The molecular formula is C13H20. The fourth-order valence-electron chi connectivity index (χ4n) is 2.98. The van der Waals surface area contributed by atoms with Crippen molar-refractivity contribution in [1.82, 2.24) is 0 Å². The van der Waals surface area contributed by atoms with E-state index in [2.05, 4.69) is 31.7 Å². The van der Waals surface area contributed by atoms with Gasteiger partial charge in [0, 0.05) is 0 Å². The minimum Gasteiger partial charge on any atom is -0.103 e. The van der Waals surface area contributed by atoms with Gasteiger partial charge in [-0.2, -0.15) is 0 Å². The van der Waals surface area contributed by atoms with Gasteiger partial charge >= 0.3 is 0 Å². The van der Waals surface area contributed by atoms with Crippen LogP contribution in [0.3, 0.4) is 0 Å². The van der Waals surface area contributed by atoms with Crippen LogP contribution in [0.4, 0.5) is 0 Å². The minimum absolute atomic E-state index is 0.762. The number of rotatable bonds is 4. The monoisotopic (exact) mass is 176 g/mol. The number of hydrogen-bond acceptors (Lipinski definition) is 0. The molecule has 0 aromatic carbocycles. The van der Waals surface area contributed by atoms with Gasteiger partial charge in [-0.15, -0.1) is 6.58 Å². The molecule has 0 nitrogen and oxygen atoms in total. The number of hydrogen-bond donors (Lipinski definition) is 0. The number of fused-ring (bicyclic) bond motifs is 2. The molecule has 0 aromatic rings. The first-order valence-electron chi connectivity index (χ1n) is 5.64. The standard InChI is InChI=1S/C13H20/c1-3-10(4-2)7-13-9-11-5-6-12(13)8-11/h3,5-6,10-13H,1,4,7-9H2,2H3. The summed E-state index contributed by atoms with van der Waals surface area (Å²) in [5.41, 5.74) is 0. The van der Waals surface area contributed by atoms with E-state index in [9.17, 15) is 0 Å². The predicted molar refractivity (Wildman–Crippen MR) is 57.4 cm³/mol. The van der Waals surface area contributed by atoms with Gasteiger partial charge in [0.25, 0.3) is 0 Å². The van der Waals surface area contributed by atoms with Crippen LogP contribution in [0.5, 0.6) is 0 Å². The molecule has 0 radical (unpaired) electrons. The predicted octanol–water partition coefficient (Wildman–Crippen LogP) is 3.80. The second kappa shape index (κ2) is 3.69. The maximum atomic E-state index is 3.92. The summed E-state index contributed by atoms with van der Waals surface area (Å²) in [5, 5.41) is 0. The molecule has 2 aliphatic rings. The minimum atomic E-state index is 0.762. The Hall–Kier alpha value is -0.520. The Morgan fingerprint density at radius 3 is 2.77 bits per heavy atom. The fourth-order valence-corrected chi connectivity index (χ4v) is 2.98. The molecule has 4 atom stereocenters. The summed E-state index contributed by atoms with van der Waals surface area (Å²) >= 11 is 0. The van der Waals surface area contributed by atoms with E-state index in [1.54, 1.807) is 0 Å². The van der Waals surface area contributed by atoms with E-state index in [-0.39, 0.29) is 0 Å². The third kappa shape index (κ3) is 1.72. The molecular weight excluding hydrogens is 156 g/mol. The lowest BCUT2D eigenvalue weighted by Crippen LogP contribution is -2.11. The Kier molecular flexibility index (Phi) is 2.57. The van der Waals surface area contributed by atoms with Gasteiger partial charge < -0.3 is 0 Å². The van der Waals surface area contributed by atoms with Crippen molar-refractivity contribution in [3.63, 3.8) is 0 Å². The van der Waals surface area contributed by atoms with Crippen LogP contribution in [-0.4, -0.2) is 0 Å². The molecule has 2 bridgehead atoms. The second-order valence-corrected chi connectivity index (χ2v) is 4.68. The van der Waals surface area contributed by atoms with Crippen LogP contribution in [0, 0.1) is 23.7 Å². The lowest BCUT2D eigenvalue weighted by atomic mass is 9.84. The smallest absolute Gasteiger partial charge is 0.0199 e. The molecule has 0 aliphatic heterocycles. The largest absolute Gasteiger partial charge is 0.103 e. The number of allylic oxidation sites excluding steroid dienone is 3. The van der Waals surface area contributed by atoms with Crippen LogP contribution < -0.4 is 0 Å². The SMILES string of the molecule is C=CC(CC)CC1CC2C=CC1C2. The van der Waals surface area contributed by atoms with E-state index in [0.717, 1.165) is 23.7 Å². The van der Waals surface area contributed by atoms with E-state index in [4.69, 9.17) is 0 Å². The molecule has 1 fully saturated rings. The molecule has 2 rings (SSSR count). The van der Waals surface area contributed by atoms with Crippen LogP contribution in [0.1, 0.15) is 32.6 Å². The van der Waals surface area contributed by atoms with Crippen molar-refractivity contribution in [2.24, 2.45) is 23.7 Å². The molecule has 0 N–H and O–H groups in total. The molecule has 0 spiro atoms. The highest BCUT2D eigenvalue weighted by Crippen LogP contribution is 2.46. The lowest BCUT2D eigenvalue weighted by Gasteiger charge is -2.21. The highest BCUT2D eigenvalue weighted by atomic mass is 14.4. The third-order valence-corrected chi connectivity index (χ3v) is 3.88.